The smallest absolute Gasteiger partial charge is 0.460 e. The van der Waals surface area contributed by atoms with E-state index in [2.05, 4.69) is 0 Å². The first-order valence-electron chi connectivity index (χ1n) is 14.6. The molecular weight excluding hydrogens is 699 g/mol. The Kier molecular flexibility index (Phi) is 10.4. The van der Waals surface area contributed by atoms with Crippen molar-refractivity contribution in [2.45, 2.75) is 67.8 Å². The number of alkyl halides is 13. The molecule has 3 aliphatic rings. The standard InChI is InChI=1S/C31H27F13O5/c1-2-47-13-12-18-14-17(15-19(18)26(32,33)27(34,35)28(36,37)29(38,39)30(40,41)31(42,43)44)9-11-21-23-22(24(45)49-25(23)46)20(48-21)10-8-16-6-4-3-5-7-16/h3-13,17-23H,2,14-15H2,1H3/b10-8-,11-9+,13-12-. The van der Waals surface area contributed by atoms with Crippen LogP contribution in [0.25, 0.3) is 6.08 Å². The van der Waals surface area contributed by atoms with Gasteiger partial charge in [0.2, 0.25) is 0 Å². The molecular formula is C31H27F13O5. The molecule has 0 bridgehead atoms. The molecule has 4 rings (SSSR count). The number of carbonyl (C=O) groups is 2. The maximum Gasteiger partial charge on any atom is 0.460 e. The molecule has 3 fully saturated rings. The van der Waals surface area contributed by atoms with Crippen molar-refractivity contribution >= 4 is 18.0 Å². The minimum absolute atomic E-state index is 0.100. The monoisotopic (exact) mass is 726 g/mol. The van der Waals surface area contributed by atoms with E-state index in [-0.39, 0.29) is 6.61 Å². The fourth-order valence-corrected chi connectivity index (χ4v) is 6.09. The Balaban J connectivity index is 1.62. The summed E-state index contributed by atoms with van der Waals surface area (Å²) in [6, 6.07) is 8.59. The van der Waals surface area contributed by atoms with E-state index in [0.717, 1.165) is 18.4 Å². The van der Waals surface area contributed by atoms with Gasteiger partial charge in [-0.05, 0) is 43.2 Å². The van der Waals surface area contributed by atoms with Gasteiger partial charge in [0.05, 0.1) is 25.1 Å². The van der Waals surface area contributed by atoms with E-state index in [1.165, 1.54) is 13.0 Å². The molecule has 1 aliphatic carbocycles. The summed E-state index contributed by atoms with van der Waals surface area (Å²) < 4.78 is 196. The molecule has 18 heteroatoms. The van der Waals surface area contributed by atoms with E-state index < -0.39 is 102 Å². The van der Waals surface area contributed by atoms with Gasteiger partial charge in [-0.3, -0.25) is 9.59 Å². The molecule has 2 aliphatic heterocycles. The van der Waals surface area contributed by atoms with Gasteiger partial charge in [0.1, 0.15) is 11.8 Å². The number of esters is 2. The largest absolute Gasteiger partial charge is 0.502 e. The van der Waals surface area contributed by atoms with Gasteiger partial charge in [0.25, 0.3) is 0 Å². The highest BCUT2D eigenvalue weighted by molar-refractivity contribution is 5.98. The van der Waals surface area contributed by atoms with Gasteiger partial charge in [0.15, 0.2) is 0 Å². The molecule has 1 aromatic rings. The number of hydrogen-bond donors (Lipinski definition) is 0. The number of ether oxygens (including phenoxy) is 3. The van der Waals surface area contributed by atoms with Crippen LogP contribution in [0.3, 0.4) is 0 Å². The maximum atomic E-state index is 15.3. The first kappa shape index (κ1) is 38.2. The van der Waals surface area contributed by atoms with Gasteiger partial charge < -0.3 is 14.2 Å². The molecule has 272 valence electrons. The fraction of sp³-hybridized carbons (Fsp3) is 0.548. The van der Waals surface area contributed by atoms with Crippen LogP contribution in [-0.2, 0) is 23.8 Å². The number of rotatable bonds is 12. The van der Waals surface area contributed by atoms with E-state index in [1.807, 2.05) is 0 Å². The molecule has 0 amide bonds. The quantitative estimate of drug-likeness (QED) is 0.0714. The molecule has 0 radical (unpaired) electrons. The van der Waals surface area contributed by atoms with E-state index in [9.17, 15) is 57.9 Å². The summed E-state index contributed by atoms with van der Waals surface area (Å²) in [5.41, 5.74) is 0.686. The van der Waals surface area contributed by atoms with Gasteiger partial charge in [-0.15, -0.1) is 0 Å². The summed E-state index contributed by atoms with van der Waals surface area (Å²) in [6.07, 6.45) is -4.91. The summed E-state index contributed by atoms with van der Waals surface area (Å²) in [7, 11) is 0. The zero-order valence-corrected chi connectivity index (χ0v) is 25.0. The van der Waals surface area contributed by atoms with Crippen LogP contribution in [0.4, 0.5) is 57.1 Å². The van der Waals surface area contributed by atoms with Crippen molar-refractivity contribution in [3.8, 4) is 0 Å². The number of benzene rings is 1. The van der Waals surface area contributed by atoms with Gasteiger partial charge in [-0.25, -0.2) is 0 Å². The highest BCUT2D eigenvalue weighted by Crippen LogP contribution is 2.63. The Morgan fingerprint density at radius 3 is 1.82 bits per heavy atom. The predicted octanol–water partition coefficient (Wildman–Crippen LogP) is 8.27. The molecule has 0 N–H and O–H groups in total. The third-order valence-corrected chi connectivity index (χ3v) is 8.67. The lowest BCUT2D eigenvalue weighted by Crippen LogP contribution is -2.71. The SMILES string of the molecule is CCO/C=C\C1CC(/C=C/C2OC(/C=C\c3ccccc3)C3C(=O)OC(=O)C23)CC1C(F)(F)C(F)(F)C(F)(F)C(F)(F)C(F)(F)C(F)(F)F. The molecule has 0 aromatic heterocycles. The third-order valence-electron chi connectivity index (χ3n) is 8.67. The normalized spacial score (nSPS) is 29.1. The van der Waals surface area contributed by atoms with Gasteiger partial charge >= 0.3 is 47.7 Å². The summed E-state index contributed by atoms with van der Waals surface area (Å²) in [4.78, 5) is 24.8. The summed E-state index contributed by atoms with van der Waals surface area (Å²) in [6.45, 7) is 1.31. The average molecular weight is 727 g/mol. The van der Waals surface area contributed by atoms with Crippen LogP contribution in [0.5, 0.6) is 0 Å². The Morgan fingerprint density at radius 1 is 0.714 bits per heavy atom. The Hall–Kier alpha value is -3.57. The molecule has 2 saturated heterocycles. The number of fused-ring (bicyclic) bond motifs is 1. The van der Waals surface area contributed by atoms with Crippen molar-refractivity contribution in [3.63, 3.8) is 0 Å². The van der Waals surface area contributed by atoms with Crippen molar-refractivity contribution in [3.05, 3.63) is 66.5 Å². The minimum atomic E-state index is -8.01. The second-order valence-corrected chi connectivity index (χ2v) is 11.7. The van der Waals surface area contributed by atoms with Gasteiger partial charge in [-0.2, -0.15) is 57.1 Å². The topological polar surface area (TPSA) is 61.8 Å². The minimum Gasteiger partial charge on any atom is -0.502 e. The molecule has 49 heavy (non-hydrogen) atoms. The first-order valence-corrected chi connectivity index (χ1v) is 14.6. The Bertz CT molecular complexity index is 1460. The van der Waals surface area contributed by atoms with Crippen LogP contribution >= 0.6 is 0 Å². The fourth-order valence-electron chi connectivity index (χ4n) is 6.09. The maximum absolute atomic E-state index is 15.3. The molecule has 1 saturated carbocycles. The summed E-state index contributed by atoms with van der Waals surface area (Å²) in [5.74, 6) is -47.9. The van der Waals surface area contributed by atoms with Crippen molar-refractivity contribution in [2.24, 2.45) is 29.6 Å². The molecule has 7 unspecified atom stereocenters. The summed E-state index contributed by atoms with van der Waals surface area (Å²) in [5, 5.41) is 0. The predicted molar refractivity (Wildman–Crippen MR) is 143 cm³/mol. The number of cyclic esters (lactones) is 2. The van der Waals surface area contributed by atoms with E-state index >= 15 is 8.78 Å². The highest BCUT2D eigenvalue weighted by Gasteiger charge is 2.91. The zero-order chi connectivity index (χ0) is 36.8. The second kappa shape index (κ2) is 13.3. The van der Waals surface area contributed by atoms with Crippen LogP contribution in [0.15, 0.2) is 60.9 Å². The first-order chi connectivity index (χ1) is 22.5. The molecule has 2 heterocycles. The molecule has 1 aromatic carbocycles. The second-order valence-electron chi connectivity index (χ2n) is 11.7. The van der Waals surface area contributed by atoms with Crippen LogP contribution in [0, 0.1) is 29.6 Å². The lowest BCUT2D eigenvalue weighted by atomic mass is 9.82. The lowest BCUT2D eigenvalue weighted by molar-refractivity contribution is -0.443. The van der Waals surface area contributed by atoms with Crippen LogP contribution in [-0.4, -0.2) is 66.5 Å². The Morgan fingerprint density at radius 2 is 1.27 bits per heavy atom. The van der Waals surface area contributed by atoms with Gasteiger partial charge in [0, 0.05) is 5.92 Å². The van der Waals surface area contributed by atoms with Crippen LogP contribution in [0.2, 0.25) is 0 Å². The van der Waals surface area contributed by atoms with Crippen molar-refractivity contribution in [1.29, 1.82) is 0 Å². The molecule has 0 spiro atoms. The van der Waals surface area contributed by atoms with Crippen LogP contribution in [0.1, 0.15) is 25.3 Å². The van der Waals surface area contributed by atoms with E-state index in [0.29, 0.717) is 11.6 Å². The van der Waals surface area contributed by atoms with Crippen molar-refractivity contribution < 1.29 is 80.9 Å². The third kappa shape index (κ3) is 6.56. The van der Waals surface area contributed by atoms with E-state index in [1.54, 1.807) is 36.4 Å². The summed E-state index contributed by atoms with van der Waals surface area (Å²) >= 11 is 0. The highest BCUT2D eigenvalue weighted by atomic mass is 19.4. The lowest BCUT2D eigenvalue weighted by Gasteiger charge is -2.42. The Labute approximate surface area is 269 Å². The number of carbonyl (C=O) groups excluding carboxylic acids is 2. The van der Waals surface area contributed by atoms with Gasteiger partial charge in [-0.1, -0.05) is 54.6 Å². The number of allylic oxidation sites excluding steroid dienone is 2. The van der Waals surface area contributed by atoms with Crippen LogP contribution < -0.4 is 0 Å². The molecule has 7 atom stereocenters. The van der Waals surface area contributed by atoms with Crippen molar-refractivity contribution in [1.82, 2.24) is 0 Å². The number of halogens is 13. The molecule has 5 nitrogen and oxygen atoms in total. The van der Waals surface area contributed by atoms with Crippen molar-refractivity contribution in [2.75, 3.05) is 6.61 Å². The number of hydrogen-bond acceptors (Lipinski definition) is 5. The van der Waals surface area contributed by atoms with E-state index in [4.69, 9.17) is 14.2 Å². The zero-order valence-electron chi connectivity index (χ0n) is 25.0. The average Bonchev–Trinajstić information content (AvgIpc) is 3.68.